The molecule has 0 aliphatic heterocycles. The van der Waals surface area contributed by atoms with Gasteiger partial charge in [-0.25, -0.2) is 0 Å². The highest BCUT2D eigenvalue weighted by Gasteiger charge is 2.19. The second-order valence-electron chi connectivity index (χ2n) is 5.23. The Balaban J connectivity index is 1.89. The van der Waals surface area contributed by atoms with Crippen LogP contribution in [0, 0.1) is 5.92 Å². The van der Waals surface area contributed by atoms with Crippen molar-refractivity contribution in [2.24, 2.45) is 5.92 Å². The molecule has 0 spiro atoms. The van der Waals surface area contributed by atoms with E-state index in [0.29, 0.717) is 11.5 Å². The summed E-state index contributed by atoms with van der Waals surface area (Å²) in [7, 11) is 1.86. The van der Waals surface area contributed by atoms with Gasteiger partial charge in [0, 0.05) is 19.2 Å². The number of hydrogen-bond acceptors (Lipinski definition) is 2. The van der Waals surface area contributed by atoms with Gasteiger partial charge >= 0.3 is 0 Å². The summed E-state index contributed by atoms with van der Waals surface area (Å²) in [5.41, 5.74) is 0.709. The van der Waals surface area contributed by atoms with E-state index >= 15 is 0 Å². The lowest BCUT2D eigenvalue weighted by Gasteiger charge is -2.21. The number of nitrogens with zero attached hydrogens (tertiary/aromatic N) is 1. The van der Waals surface area contributed by atoms with E-state index in [-0.39, 0.29) is 18.1 Å². The van der Waals surface area contributed by atoms with Crippen molar-refractivity contribution in [2.45, 2.75) is 32.1 Å². The van der Waals surface area contributed by atoms with Crippen molar-refractivity contribution in [2.75, 3.05) is 13.6 Å². The van der Waals surface area contributed by atoms with Crippen LogP contribution in [0.25, 0.3) is 0 Å². The number of para-hydroxylation sites is 1. The van der Waals surface area contributed by atoms with Gasteiger partial charge in [0.2, 0.25) is 5.91 Å². The van der Waals surface area contributed by atoms with Crippen molar-refractivity contribution in [3.63, 3.8) is 0 Å². The monoisotopic (exact) mass is 247 g/mol. The van der Waals surface area contributed by atoms with Crippen LogP contribution in [0.4, 0.5) is 0 Å². The molecule has 1 aromatic rings. The number of phenolic OH excluding ortho intramolecular Hbond substituents is 1. The molecule has 0 unspecified atom stereocenters. The highest BCUT2D eigenvalue weighted by Crippen LogP contribution is 2.25. The first-order valence-corrected chi connectivity index (χ1v) is 6.67. The highest BCUT2D eigenvalue weighted by molar-refractivity contribution is 5.79. The van der Waals surface area contributed by atoms with Crippen LogP contribution < -0.4 is 0 Å². The summed E-state index contributed by atoms with van der Waals surface area (Å²) in [5.74, 6) is 0.965. The Morgan fingerprint density at radius 2 is 2.00 bits per heavy atom. The molecule has 1 aromatic carbocycles. The summed E-state index contributed by atoms with van der Waals surface area (Å²) in [6.45, 7) is 0.854. The normalized spacial score (nSPS) is 15.8. The lowest BCUT2D eigenvalue weighted by atomic mass is 10.1. The molecular formula is C15H21NO2. The molecule has 1 N–H and O–H groups in total. The van der Waals surface area contributed by atoms with E-state index < -0.39 is 0 Å². The van der Waals surface area contributed by atoms with Gasteiger partial charge in [0.1, 0.15) is 5.75 Å². The quantitative estimate of drug-likeness (QED) is 0.888. The molecule has 1 aliphatic carbocycles. The molecule has 0 atom stereocenters. The summed E-state index contributed by atoms with van der Waals surface area (Å²) in [6, 6.07) is 7.04. The van der Waals surface area contributed by atoms with Gasteiger partial charge in [-0.05, 0) is 24.8 Å². The van der Waals surface area contributed by atoms with Gasteiger partial charge in [0.05, 0.1) is 6.42 Å². The Morgan fingerprint density at radius 1 is 1.33 bits per heavy atom. The molecule has 0 bridgehead atoms. The third-order valence-corrected chi connectivity index (χ3v) is 3.77. The second kappa shape index (κ2) is 5.89. The van der Waals surface area contributed by atoms with Crippen molar-refractivity contribution in [1.82, 2.24) is 4.90 Å². The maximum absolute atomic E-state index is 12.1. The second-order valence-corrected chi connectivity index (χ2v) is 5.23. The molecule has 2 rings (SSSR count). The molecule has 0 radical (unpaired) electrons. The topological polar surface area (TPSA) is 40.5 Å². The first kappa shape index (κ1) is 12.9. The predicted octanol–water partition coefficient (Wildman–Crippen LogP) is 2.58. The van der Waals surface area contributed by atoms with Crippen molar-refractivity contribution in [1.29, 1.82) is 0 Å². The minimum atomic E-state index is 0.0865. The summed E-state index contributed by atoms with van der Waals surface area (Å²) >= 11 is 0. The van der Waals surface area contributed by atoms with Gasteiger partial charge in [-0.2, -0.15) is 0 Å². The zero-order chi connectivity index (χ0) is 13.0. The molecule has 0 heterocycles. The van der Waals surface area contributed by atoms with Crippen LogP contribution in [0.15, 0.2) is 24.3 Å². The third-order valence-electron chi connectivity index (χ3n) is 3.77. The first-order chi connectivity index (χ1) is 8.66. The van der Waals surface area contributed by atoms with E-state index in [2.05, 4.69) is 0 Å². The number of carbonyl (C=O) groups excluding carboxylic acids is 1. The number of amides is 1. The van der Waals surface area contributed by atoms with E-state index in [1.807, 2.05) is 18.0 Å². The van der Waals surface area contributed by atoms with E-state index in [1.54, 1.807) is 18.2 Å². The van der Waals surface area contributed by atoms with Crippen LogP contribution in [0.5, 0.6) is 5.75 Å². The minimum absolute atomic E-state index is 0.0865. The maximum atomic E-state index is 12.1. The third kappa shape index (κ3) is 3.25. The van der Waals surface area contributed by atoms with Crippen molar-refractivity contribution in [3.05, 3.63) is 29.8 Å². The molecule has 1 aliphatic rings. The van der Waals surface area contributed by atoms with E-state index in [1.165, 1.54) is 25.7 Å². The zero-order valence-electron chi connectivity index (χ0n) is 10.9. The number of aromatic hydroxyl groups is 1. The van der Waals surface area contributed by atoms with Gasteiger partial charge in [-0.3, -0.25) is 4.79 Å². The molecule has 0 saturated heterocycles. The molecular weight excluding hydrogens is 226 g/mol. The average Bonchev–Trinajstić information content (AvgIpc) is 2.84. The summed E-state index contributed by atoms with van der Waals surface area (Å²) in [6.07, 6.45) is 5.37. The van der Waals surface area contributed by atoms with Crippen LogP contribution >= 0.6 is 0 Å². The standard InChI is InChI=1S/C15H21NO2/c1-16(11-12-6-2-3-7-12)15(18)10-13-8-4-5-9-14(13)17/h4-5,8-9,12,17H,2-3,6-7,10-11H2,1H3. The first-order valence-electron chi connectivity index (χ1n) is 6.67. The van der Waals surface area contributed by atoms with Crippen molar-refractivity contribution >= 4 is 5.91 Å². The van der Waals surface area contributed by atoms with Crippen molar-refractivity contribution in [3.8, 4) is 5.75 Å². The van der Waals surface area contributed by atoms with E-state index in [4.69, 9.17) is 0 Å². The Kier molecular flexibility index (Phi) is 4.24. The molecule has 18 heavy (non-hydrogen) atoms. The van der Waals surface area contributed by atoms with Crippen LogP contribution in [0.3, 0.4) is 0 Å². The molecule has 1 amide bonds. The van der Waals surface area contributed by atoms with Crippen LogP contribution in [0.2, 0.25) is 0 Å². The molecule has 1 saturated carbocycles. The molecule has 3 heteroatoms. The predicted molar refractivity (Wildman–Crippen MR) is 71.4 cm³/mol. The largest absolute Gasteiger partial charge is 0.508 e. The van der Waals surface area contributed by atoms with Gasteiger partial charge in [0.25, 0.3) is 0 Å². The van der Waals surface area contributed by atoms with E-state index in [0.717, 1.165) is 6.54 Å². The van der Waals surface area contributed by atoms with Gasteiger partial charge in [0.15, 0.2) is 0 Å². The fraction of sp³-hybridized carbons (Fsp3) is 0.533. The molecule has 98 valence electrons. The number of benzene rings is 1. The van der Waals surface area contributed by atoms with Crippen molar-refractivity contribution < 1.29 is 9.90 Å². The smallest absolute Gasteiger partial charge is 0.226 e. The Morgan fingerprint density at radius 3 is 2.67 bits per heavy atom. The summed E-state index contributed by atoms with van der Waals surface area (Å²) in [4.78, 5) is 13.9. The lowest BCUT2D eigenvalue weighted by molar-refractivity contribution is -0.129. The van der Waals surface area contributed by atoms with E-state index in [9.17, 15) is 9.90 Å². The lowest BCUT2D eigenvalue weighted by Crippen LogP contribution is -2.32. The Bertz CT molecular complexity index is 411. The van der Waals surface area contributed by atoms with Crippen LogP contribution in [-0.2, 0) is 11.2 Å². The van der Waals surface area contributed by atoms with Gasteiger partial charge in [-0.15, -0.1) is 0 Å². The van der Waals surface area contributed by atoms with Gasteiger partial charge in [-0.1, -0.05) is 31.0 Å². The average molecular weight is 247 g/mol. The molecule has 3 nitrogen and oxygen atoms in total. The van der Waals surface area contributed by atoms with Crippen LogP contribution in [-0.4, -0.2) is 29.5 Å². The summed E-state index contributed by atoms with van der Waals surface area (Å²) < 4.78 is 0. The number of likely N-dealkylation sites (N-methyl/N-ethyl adjacent to an activating group) is 1. The number of phenols is 1. The Labute approximate surface area is 108 Å². The van der Waals surface area contributed by atoms with Crippen LogP contribution in [0.1, 0.15) is 31.2 Å². The fourth-order valence-electron chi connectivity index (χ4n) is 2.64. The minimum Gasteiger partial charge on any atom is -0.508 e. The molecule has 1 fully saturated rings. The maximum Gasteiger partial charge on any atom is 0.226 e. The number of carbonyl (C=O) groups is 1. The van der Waals surface area contributed by atoms with Gasteiger partial charge < -0.3 is 10.0 Å². The molecule has 0 aromatic heterocycles. The Hall–Kier alpha value is -1.51. The number of rotatable bonds is 4. The SMILES string of the molecule is CN(CC1CCCC1)C(=O)Cc1ccccc1O. The zero-order valence-corrected chi connectivity index (χ0v) is 10.9. The highest BCUT2D eigenvalue weighted by atomic mass is 16.3. The fourth-order valence-corrected chi connectivity index (χ4v) is 2.64. The summed E-state index contributed by atoms with van der Waals surface area (Å²) in [5, 5.41) is 9.65. The number of hydrogen-bond donors (Lipinski definition) is 1.